The van der Waals surface area contributed by atoms with Crippen LogP contribution >= 0.6 is 12.4 Å². The summed E-state index contributed by atoms with van der Waals surface area (Å²) < 4.78 is 4.89. The number of halogens is 1. The van der Waals surface area contributed by atoms with Gasteiger partial charge in [-0.05, 0) is 24.6 Å². The zero-order valence-corrected chi connectivity index (χ0v) is 9.49. The fourth-order valence-electron chi connectivity index (χ4n) is 1.19. The summed E-state index contributed by atoms with van der Waals surface area (Å²) in [6, 6.07) is 4.34. The summed E-state index contributed by atoms with van der Waals surface area (Å²) in [6.45, 7) is 1.60. The molecule has 2 atom stereocenters. The Morgan fingerprint density at radius 2 is 2.00 bits per heavy atom. The van der Waals surface area contributed by atoms with Crippen molar-refractivity contribution < 1.29 is 14.9 Å². The lowest BCUT2D eigenvalue weighted by Gasteiger charge is -2.15. The van der Waals surface area contributed by atoms with Crippen LogP contribution in [0.25, 0.3) is 0 Å². The molecule has 1 aromatic rings. The van der Waals surface area contributed by atoms with Crippen molar-refractivity contribution in [3.8, 4) is 11.5 Å². The van der Waals surface area contributed by atoms with Crippen molar-refractivity contribution in [1.29, 1.82) is 0 Å². The van der Waals surface area contributed by atoms with Crippen LogP contribution in [-0.2, 0) is 0 Å². The molecule has 86 valence electrons. The van der Waals surface area contributed by atoms with Gasteiger partial charge in [-0.3, -0.25) is 0 Å². The number of hydrogen-bond acceptors (Lipinski definition) is 4. The first-order valence-corrected chi connectivity index (χ1v) is 4.36. The molecule has 0 aliphatic heterocycles. The lowest BCUT2D eigenvalue weighted by atomic mass is 10.0. The molecule has 0 unspecified atom stereocenters. The van der Waals surface area contributed by atoms with E-state index in [1.807, 2.05) is 0 Å². The summed E-state index contributed by atoms with van der Waals surface area (Å²) in [7, 11) is 1.48. The van der Waals surface area contributed by atoms with Crippen LogP contribution in [0.2, 0.25) is 0 Å². The van der Waals surface area contributed by atoms with E-state index in [2.05, 4.69) is 0 Å². The zero-order valence-electron chi connectivity index (χ0n) is 8.68. The molecule has 0 aliphatic carbocycles. The van der Waals surface area contributed by atoms with Crippen LogP contribution in [0, 0.1) is 0 Å². The predicted molar refractivity (Wildman–Crippen MR) is 60.5 cm³/mol. The minimum atomic E-state index is -0.650. The number of phenols is 1. The maximum atomic E-state index is 9.46. The van der Waals surface area contributed by atoms with Gasteiger partial charge in [0.25, 0.3) is 0 Å². The van der Waals surface area contributed by atoms with Gasteiger partial charge in [-0.25, -0.2) is 0 Å². The third kappa shape index (κ3) is 3.27. The third-order valence-corrected chi connectivity index (χ3v) is 2.11. The minimum absolute atomic E-state index is 0. The molecule has 5 heteroatoms. The van der Waals surface area contributed by atoms with Gasteiger partial charge in [-0.15, -0.1) is 12.4 Å². The summed E-state index contributed by atoms with van der Waals surface area (Å²) in [5.74, 6) is 0.424. The minimum Gasteiger partial charge on any atom is -0.504 e. The van der Waals surface area contributed by atoms with E-state index in [0.717, 1.165) is 0 Å². The maximum Gasteiger partial charge on any atom is 0.160 e. The summed E-state index contributed by atoms with van der Waals surface area (Å²) >= 11 is 0. The van der Waals surface area contributed by atoms with Crippen molar-refractivity contribution in [2.45, 2.75) is 19.1 Å². The smallest absolute Gasteiger partial charge is 0.160 e. The number of nitrogens with two attached hydrogens (primary N) is 1. The Morgan fingerprint density at radius 1 is 1.40 bits per heavy atom. The normalized spacial score (nSPS) is 13.9. The monoisotopic (exact) mass is 233 g/mol. The molecule has 1 rings (SSSR count). The molecule has 4 nitrogen and oxygen atoms in total. The molecule has 0 spiro atoms. The lowest BCUT2D eigenvalue weighted by Crippen LogP contribution is -2.22. The molecule has 0 saturated heterocycles. The van der Waals surface area contributed by atoms with Crippen molar-refractivity contribution in [2.24, 2.45) is 5.73 Å². The molecular formula is C10H16ClNO3. The van der Waals surface area contributed by atoms with Gasteiger partial charge in [-0.2, -0.15) is 0 Å². The molecule has 0 fully saturated rings. The van der Waals surface area contributed by atoms with Gasteiger partial charge < -0.3 is 20.7 Å². The summed E-state index contributed by atoms with van der Waals surface area (Å²) in [6.07, 6.45) is -0.650. The largest absolute Gasteiger partial charge is 0.504 e. The number of ether oxygens (including phenoxy) is 1. The number of hydrogen-bond donors (Lipinski definition) is 3. The Bertz CT molecular complexity index is 318. The highest BCUT2D eigenvalue weighted by Gasteiger charge is 2.13. The van der Waals surface area contributed by atoms with Gasteiger partial charge in [0.1, 0.15) is 0 Å². The average Bonchev–Trinajstić information content (AvgIpc) is 2.16. The number of aliphatic hydroxyl groups excluding tert-OH is 1. The Kier molecular flexibility index (Phi) is 5.43. The van der Waals surface area contributed by atoms with Gasteiger partial charge in [0.15, 0.2) is 11.5 Å². The topological polar surface area (TPSA) is 75.7 Å². The SMILES string of the molecule is COc1ccc([C@@H](N)[C@H](C)O)cc1O.Cl. The lowest BCUT2D eigenvalue weighted by molar-refractivity contribution is 0.164. The number of aromatic hydroxyl groups is 1. The quantitative estimate of drug-likeness (QED) is 0.734. The fraction of sp³-hybridized carbons (Fsp3) is 0.400. The van der Waals surface area contributed by atoms with Gasteiger partial charge in [0.2, 0.25) is 0 Å². The Morgan fingerprint density at radius 3 is 2.40 bits per heavy atom. The summed E-state index contributed by atoms with van der Waals surface area (Å²) in [5, 5.41) is 18.7. The first-order valence-electron chi connectivity index (χ1n) is 4.36. The van der Waals surface area contributed by atoms with Crippen molar-refractivity contribution in [3.63, 3.8) is 0 Å². The second-order valence-corrected chi connectivity index (χ2v) is 3.20. The Labute approximate surface area is 95.1 Å². The molecular weight excluding hydrogens is 218 g/mol. The highest BCUT2D eigenvalue weighted by atomic mass is 35.5. The number of phenolic OH excluding ortho intramolecular Hbond substituents is 1. The molecule has 0 radical (unpaired) electrons. The van der Waals surface area contributed by atoms with Gasteiger partial charge in [-0.1, -0.05) is 6.07 Å². The zero-order chi connectivity index (χ0) is 10.7. The van der Waals surface area contributed by atoms with E-state index in [1.165, 1.54) is 13.2 Å². The molecule has 0 bridgehead atoms. The van der Waals surface area contributed by atoms with Crippen LogP contribution in [0.5, 0.6) is 11.5 Å². The first kappa shape index (κ1) is 14.0. The third-order valence-electron chi connectivity index (χ3n) is 2.11. The molecule has 15 heavy (non-hydrogen) atoms. The van der Waals surface area contributed by atoms with E-state index in [4.69, 9.17) is 10.5 Å². The van der Waals surface area contributed by atoms with Crippen molar-refractivity contribution >= 4 is 12.4 Å². The second-order valence-electron chi connectivity index (χ2n) is 3.20. The van der Waals surface area contributed by atoms with Crippen LogP contribution in [0.15, 0.2) is 18.2 Å². The maximum absolute atomic E-state index is 9.46. The fourth-order valence-corrected chi connectivity index (χ4v) is 1.19. The van der Waals surface area contributed by atoms with Gasteiger partial charge in [0, 0.05) is 0 Å². The molecule has 1 aromatic carbocycles. The molecule has 4 N–H and O–H groups in total. The van der Waals surface area contributed by atoms with Crippen molar-refractivity contribution in [1.82, 2.24) is 0 Å². The van der Waals surface area contributed by atoms with Gasteiger partial charge in [0.05, 0.1) is 19.3 Å². The van der Waals surface area contributed by atoms with E-state index >= 15 is 0 Å². The summed E-state index contributed by atoms with van der Waals surface area (Å²) in [4.78, 5) is 0. The van der Waals surface area contributed by atoms with E-state index in [0.29, 0.717) is 11.3 Å². The van der Waals surface area contributed by atoms with Gasteiger partial charge >= 0.3 is 0 Å². The van der Waals surface area contributed by atoms with Crippen LogP contribution in [0.4, 0.5) is 0 Å². The highest BCUT2D eigenvalue weighted by Crippen LogP contribution is 2.28. The second kappa shape index (κ2) is 5.80. The predicted octanol–water partition coefficient (Wildman–Crippen LogP) is 1.20. The van der Waals surface area contributed by atoms with E-state index in [9.17, 15) is 10.2 Å². The van der Waals surface area contributed by atoms with E-state index in [-0.39, 0.29) is 18.2 Å². The highest BCUT2D eigenvalue weighted by molar-refractivity contribution is 5.85. The van der Waals surface area contributed by atoms with E-state index < -0.39 is 12.1 Å². The summed E-state index contributed by atoms with van der Waals surface area (Å²) in [5.41, 5.74) is 6.38. The van der Waals surface area contributed by atoms with E-state index in [1.54, 1.807) is 19.1 Å². The Balaban J connectivity index is 0.00000196. The van der Waals surface area contributed by atoms with Crippen molar-refractivity contribution in [2.75, 3.05) is 7.11 Å². The number of benzene rings is 1. The average molecular weight is 234 g/mol. The first-order chi connectivity index (χ1) is 6.56. The van der Waals surface area contributed by atoms with Crippen LogP contribution in [-0.4, -0.2) is 23.4 Å². The molecule has 0 aliphatic rings. The van der Waals surface area contributed by atoms with Crippen molar-refractivity contribution in [3.05, 3.63) is 23.8 Å². The van der Waals surface area contributed by atoms with Crippen LogP contribution < -0.4 is 10.5 Å². The molecule has 0 aromatic heterocycles. The number of aliphatic hydroxyl groups is 1. The number of rotatable bonds is 3. The molecule has 0 amide bonds. The number of methoxy groups -OCH3 is 1. The standard InChI is InChI=1S/C10H15NO3.ClH/c1-6(12)10(11)7-3-4-9(14-2)8(13)5-7;/h3-6,10,12-13H,11H2,1-2H3;1H/t6-,10-;/m0./s1. The van der Waals surface area contributed by atoms with Crippen LogP contribution in [0.3, 0.4) is 0 Å². The van der Waals surface area contributed by atoms with Crippen LogP contribution in [0.1, 0.15) is 18.5 Å². The molecule has 0 heterocycles. The Hall–Kier alpha value is -0.970. The molecule has 0 saturated carbocycles.